The van der Waals surface area contributed by atoms with Crippen molar-refractivity contribution in [3.63, 3.8) is 0 Å². The second-order valence-electron chi connectivity index (χ2n) is 17.7. The minimum Gasteiger partial charge on any atom is -0.334 e. The zero-order valence-corrected chi connectivity index (χ0v) is 37.2. The molecule has 0 radical (unpaired) electrons. The van der Waals surface area contributed by atoms with Crippen molar-refractivity contribution in [1.82, 2.24) is 0 Å². The molecule has 0 bridgehead atoms. The predicted octanol–water partition coefficient (Wildman–Crippen LogP) is 17.2. The first-order valence-electron chi connectivity index (χ1n) is 22.5. The zero-order chi connectivity index (χ0) is 42.8. The summed E-state index contributed by atoms with van der Waals surface area (Å²) in [7, 11) is 0. The summed E-state index contributed by atoms with van der Waals surface area (Å²) in [6.45, 7) is 13.8. The van der Waals surface area contributed by atoms with E-state index in [1.165, 1.54) is 91.9 Å². The Morgan fingerprint density at radius 1 is 0.645 bits per heavy atom. The molecule has 1 atom stereocenters. The van der Waals surface area contributed by atoms with Gasteiger partial charge in [0.25, 0.3) is 0 Å². The molecule has 0 heterocycles. The third kappa shape index (κ3) is 7.87. The third-order valence-corrected chi connectivity index (χ3v) is 13.3. The monoisotopic (exact) mass is 806 g/mol. The van der Waals surface area contributed by atoms with Crippen LogP contribution in [0.4, 0.5) is 28.4 Å². The van der Waals surface area contributed by atoms with E-state index in [-0.39, 0.29) is 11.5 Å². The lowest BCUT2D eigenvalue weighted by atomic mass is 9.82. The molecule has 0 saturated heterocycles. The van der Waals surface area contributed by atoms with Crippen molar-refractivity contribution in [1.29, 1.82) is 0 Å². The van der Waals surface area contributed by atoms with Crippen molar-refractivity contribution in [2.24, 2.45) is 0 Å². The van der Waals surface area contributed by atoms with Crippen LogP contribution in [0.15, 0.2) is 199 Å². The van der Waals surface area contributed by atoms with Gasteiger partial charge in [-0.15, -0.1) is 0 Å². The topological polar surface area (TPSA) is 6.48 Å². The molecule has 308 valence electrons. The van der Waals surface area contributed by atoms with Crippen molar-refractivity contribution in [3.05, 3.63) is 227 Å². The molecule has 7 aromatic carbocycles. The van der Waals surface area contributed by atoms with Crippen molar-refractivity contribution < 1.29 is 0 Å². The van der Waals surface area contributed by atoms with Crippen LogP contribution in [-0.4, -0.2) is 0 Å². The lowest BCUT2D eigenvalue weighted by Gasteiger charge is -2.33. The summed E-state index contributed by atoms with van der Waals surface area (Å²) in [5.74, 6) is 0. The van der Waals surface area contributed by atoms with Crippen LogP contribution in [0.5, 0.6) is 0 Å². The molecule has 2 nitrogen and oxygen atoms in total. The summed E-state index contributed by atoms with van der Waals surface area (Å²) in [6, 6.07) is 63.0. The summed E-state index contributed by atoms with van der Waals surface area (Å²) >= 11 is 0. The fourth-order valence-corrected chi connectivity index (χ4v) is 9.84. The van der Waals surface area contributed by atoms with E-state index in [0.717, 1.165) is 23.5 Å². The number of hydrogen-bond acceptors (Lipinski definition) is 2. The molecule has 0 fully saturated rings. The van der Waals surface area contributed by atoms with Crippen molar-refractivity contribution in [2.45, 2.75) is 78.7 Å². The van der Waals surface area contributed by atoms with E-state index in [0.29, 0.717) is 0 Å². The van der Waals surface area contributed by atoms with Gasteiger partial charge in [-0.1, -0.05) is 166 Å². The number of allylic oxidation sites excluding steroid dienone is 6. The molecule has 0 aliphatic heterocycles. The highest BCUT2D eigenvalue weighted by atomic mass is 15.2. The van der Waals surface area contributed by atoms with Gasteiger partial charge in [-0.2, -0.15) is 0 Å². The fraction of sp³-hybridized carbons (Fsp3) is 0.200. The Balaban J connectivity index is 1.08. The summed E-state index contributed by atoms with van der Waals surface area (Å²) < 4.78 is 0. The number of hydrogen-bond donors (Lipinski definition) is 0. The molecular formula is C60H58N2. The van der Waals surface area contributed by atoms with E-state index in [1.54, 1.807) is 5.57 Å². The van der Waals surface area contributed by atoms with E-state index in [9.17, 15) is 0 Å². The smallest absolute Gasteiger partial charge is 0.0563 e. The van der Waals surface area contributed by atoms with Gasteiger partial charge in [-0.05, 0) is 156 Å². The average Bonchev–Trinajstić information content (AvgIpc) is 3.54. The second kappa shape index (κ2) is 17.4. The summed E-state index contributed by atoms with van der Waals surface area (Å²) in [5, 5.41) is 0. The minimum absolute atomic E-state index is 0.103. The molecular weight excluding hydrogens is 749 g/mol. The van der Waals surface area contributed by atoms with Crippen LogP contribution in [0.3, 0.4) is 0 Å². The van der Waals surface area contributed by atoms with Gasteiger partial charge in [0.05, 0.1) is 6.04 Å². The van der Waals surface area contributed by atoms with Crippen LogP contribution >= 0.6 is 0 Å². The number of nitrogens with zero attached hydrogens (tertiary/aromatic N) is 2. The number of rotatable bonds is 12. The molecule has 0 aromatic heterocycles. The first-order chi connectivity index (χ1) is 30.2. The molecule has 1 unspecified atom stereocenters. The van der Waals surface area contributed by atoms with E-state index in [4.69, 9.17) is 0 Å². The highest BCUT2D eigenvalue weighted by molar-refractivity contribution is 5.87. The Bertz CT molecular complexity index is 2800. The average molecular weight is 807 g/mol. The normalized spacial score (nSPS) is 14.6. The molecule has 2 heteroatoms. The molecule has 9 rings (SSSR count). The number of fused-ring (bicyclic) bond motifs is 3. The maximum atomic E-state index is 2.45. The maximum Gasteiger partial charge on any atom is 0.0563 e. The largest absolute Gasteiger partial charge is 0.334 e. The zero-order valence-electron chi connectivity index (χ0n) is 37.2. The fourth-order valence-electron chi connectivity index (χ4n) is 9.84. The maximum absolute atomic E-state index is 2.45. The van der Waals surface area contributed by atoms with Crippen LogP contribution < -0.4 is 9.80 Å². The number of anilines is 5. The van der Waals surface area contributed by atoms with Crippen LogP contribution in [0.25, 0.3) is 27.8 Å². The van der Waals surface area contributed by atoms with Crippen LogP contribution in [0, 0.1) is 6.92 Å². The van der Waals surface area contributed by atoms with Gasteiger partial charge in [0, 0.05) is 33.9 Å². The third-order valence-electron chi connectivity index (χ3n) is 13.3. The van der Waals surface area contributed by atoms with Crippen molar-refractivity contribution >= 4 is 34.0 Å². The molecule has 62 heavy (non-hydrogen) atoms. The molecule has 7 aromatic rings. The molecule has 0 amide bonds. The number of benzene rings is 7. The van der Waals surface area contributed by atoms with E-state index in [2.05, 4.69) is 239 Å². The Hall–Kier alpha value is -6.64. The van der Waals surface area contributed by atoms with Gasteiger partial charge in [0.2, 0.25) is 0 Å². The van der Waals surface area contributed by atoms with Crippen molar-refractivity contribution in [3.8, 4) is 22.3 Å². The highest BCUT2D eigenvalue weighted by Crippen LogP contribution is 2.51. The summed E-state index contributed by atoms with van der Waals surface area (Å²) in [4.78, 5) is 4.89. The predicted molar refractivity (Wildman–Crippen MR) is 266 cm³/mol. The van der Waals surface area contributed by atoms with E-state index in [1.807, 2.05) is 0 Å². The van der Waals surface area contributed by atoms with Gasteiger partial charge < -0.3 is 9.80 Å². The Morgan fingerprint density at radius 2 is 1.32 bits per heavy atom. The Morgan fingerprint density at radius 3 is 2.10 bits per heavy atom. The second-order valence-corrected chi connectivity index (χ2v) is 17.7. The molecule has 0 saturated carbocycles. The number of para-hydroxylation sites is 2. The Labute approximate surface area is 370 Å². The van der Waals surface area contributed by atoms with E-state index < -0.39 is 0 Å². The molecule has 2 aliphatic carbocycles. The lowest BCUT2D eigenvalue weighted by molar-refractivity contribution is 0.660. The number of aryl methyl sites for hydroxylation is 1. The SMILES string of the molecule is CCCC1=C(/C=C(\C)c2ccc(N(c3cccc(-c4ccc(C(C)N(c5ccccc5)c5ccccc5C)cc4)c3)c3ccc4c(c3)C(C)(C)c3ccccc3-4)cc2)C=CCC1. The Kier molecular flexibility index (Phi) is 11.4. The van der Waals surface area contributed by atoms with Crippen molar-refractivity contribution in [2.75, 3.05) is 9.80 Å². The summed E-state index contributed by atoms with van der Waals surface area (Å²) in [6.07, 6.45) is 11.7. The molecule has 0 N–H and O–H groups in total. The standard InChI is InChI=1S/C60H58N2/c1-7-18-47-20-12-13-21-49(47)39-43(3)45-33-35-52(36-34-45)62(54-37-38-56-55-26-14-15-27-57(55)60(5,6)58(56)41-54)53-25-17-22-50(40-53)48-31-29-46(30-32-48)44(4)61(51-23-9-8-10-24-51)59-28-16-11-19-42(59)2/h8-11,13-17,19,21-41,44H,7,12,18,20H2,1-6H3/b43-39+. The summed E-state index contributed by atoms with van der Waals surface area (Å²) in [5.41, 5.74) is 21.6. The molecule has 2 aliphatic rings. The van der Waals surface area contributed by atoms with Gasteiger partial charge >= 0.3 is 0 Å². The lowest BCUT2D eigenvalue weighted by Crippen LogP contribution is -2.22. The van der Waals surface area contributed by atoms with E-state index >= 15 is 0 Å². The first kappa shape index (κ1) is 40.7. The van der Waals surface area contributed by atoms with Gasteiger partial charge in [0.1, 0.15) is 0 Å². The van der Waals surface area contributed by atoms with Crippen LogP contribution in [0.1, 0.15) is 94.2 Å². The first-order valence-corrected chi connectivity index (χ1v) is 22.5. The highest BCUT2D eigenvalue weighted by Gasteiger charge is 2.35. The van der Waals surface area contributed by atoms with Gasteiger partial charge in [0.15, 0.2) is 0 Å². The minimum atomic E-state index is -0.103. The van der Waals surface area contributed by atoms with Gasteiger partial charge in [-0.25, -0.2) is 0 Å². The quantitative estimate of drug-likeness (QED) is 0.121. The van der Waals surface area contributed by atoms with Gasteiger partial charge in [-0.3, -0.25) is 0 Å². The van der Waals surface area contributed by atoms with Crippen LogP contribution in [0.2, 0.25) is 0 Å². The molecule has 0 spiro atoms. The van der Waals surface area contributed by atoms with Crippen LogP contribution in [-0.2, 0) is 5.41 Å².